The summed E-state index contributed by atoms with van der Waals surface area (Å²) in [5, 5.41) is 3.28. The first-order chi connectivity index (χ1) is 9.16. The van der Waals surface area contributed by atoms with Crippen LogP contribution in [-0.4, -0.2) is 29.9 Å². The smallest absolute Gasteiger partial charge is 0.244 e. The normalized spacial score (nSPS) is 17.7. The van der Waals surface area contributed by atoms with Crippen LogP contribution in [0.2, 0.25) is 0 Å². The highest BCUT2D eigenvalue weighted by molar-refractivity contribution is 9.10. The van der Waals surface area contributed by atoms with Gasteiger partial charge in [-0.2, -0.15) is 0 Å². The predicted molar refractivity (Wildman–Crippen MR) is 82.3 cm³/mol. The fourth-order valence-electron chi connectivity index (χ4n) is 2.45. The highest BCUT2D eigenvalue weighted by Gasteiger charge is 2.21. The van der Waals surface area contributed by atoms with E-state index in [9.17, 15) is 4.79 Å². The van der Waals surface area contributed by atoms with E-state index in [0.717, 1.165) is 36.1 Å². The van der Waals surface area contributed by atoms with Crippen LogP contribution >= 0.6 is 15.9 Å². The number of carbonyl (C=O) groups is 1. The largest absolute Gasteiger partial charge is 0.374 e. The van der Waals surface area contributed by atoms with Crippen molar-refractivity contribution in [1.82, 2.24) is 4.90 Å². The fourth-order valence-corrected chi connectivity index (χ4v) is 2.85. The molecule has 19 heavy (non-hydrogen) atoms. The number of halogens is 1. The van der Waals surface area contributed by atoms with Gasteiger partial charge in [-0.25, -0.2) is 0 Å². The highest BCUT2D eigenvalue weighted by Crippen LogP contribution is 2.17. The zero-order chi connectivity index (χ0) is 13.7. The van der Waals surface area contributed by atoms with Gasteiger partial charge in [0.1, 0.15) is 6.04 Å². The average Bonchev–Trinajstić information content (AvgIpc) is 2.66. The van der Waals surface area contributed by atoms with E-state index < -0.39 is 0 Å². The van der Waals surface area contributed by atoms with E-state index in [1.807, 2.05) is 36.1 Å². The summed E-state index contributed by atoms with van der Waals surface area (Å²) in [6.45, 7) is 3.75. The molecule has 1 N–H and O–H groups in total. The van der Waals surface area contributed by atoms with E-state index in [0.29, 0.717) is 0 Å². The van der Waals surface area contributed by atoms with Crippen LogP contribution < -0.4 is 5.32 Å². The summed E-state index contributed by atoms with van der Waals surface area (Å²) < 4.78 is 1.02. The maximum absolute atomic E-state index is 12.4. The summed E-state index contributed by atoms with van der Waals surface area (Å²) in [5.41, 5.74) is 0.977. The number of amides is 1. The van der Waals surface area contributed by atoms with Crippen LogP contribution in [0, 0.1) is 0 Å². The van der Waals surface area contributed by atoms with Crippen LogP contribution in [-0.2, 0) is 4.79 Å². The Morgan fingerprint density at radius 3 is 2.58 bits per heavy atom. The number of rotatable bonds is 3. The Morgan fingerprint density at radius 2 is 1.95 bits per heavy atom. The molecule has 1 aromatic carbocycles. The third-order valence-corrected chi connectivity index (χ3v) is 3.99. The van der Waals surface area contributed by atoms with Gasteiger partial charge >= 0.3 is 0 Å². The SMILES string of the molecule is CC(Nc1cccc(Br)c1)C(=O)N1CCCCCC1. The molecule has 0 radical (unpaired) electrons. The second-order valence-corrected chi connectivity index (χ2v) is 6.03. The van der Waals surface area contributed by atoms with Crippen molar-refractivity contribution in [3.05, 3.63) is 28.7 Å². The molecule has 0 saturated carbocycles. The first kappa shape index (κ1) is 14.4. The Labute approximate surface area is 123 Å². The predicted octanol–water partition coefficient (Wildman–Crippen LogP) is 3.65. The third-order valence-electron chi connectivity index (χ3n) is 3.50. The molecule has 0 bridgehead atoms. The van der Waals surface area contributed by atoms with Crippen LogP contribution in [0.5, 0.6) is 0 Å². The van der Waals surface area contributed by atoms with E-state index in [1.165, 1.54) is 12.8 Å². The molecule has 4 heteroatoms. The number of carbonyl (C=O) groups excluding carboxylic acids is 1. The van der Waals surface area contributed by atoms with Crippen molar-refractivity contribution < 1.29 is 4.79 Å². The van der Waals surface area contributed by atoms with Gasteiger partial charge in [-0.1, -0.05) is 34.8 Å². The van der Waals surface area contributed by atoms with Gasteiger partial charge in [-0.3, -0.25) is 4.79 Å². The van der Waals surface area contributed by atoms with Gasteiger partial charge < -0.3 is 10.2 Å². The molecule has 1 atom stereocenters. The molecular formula is C15H21BrN2O. The third kappa shape index (κ3) is 4.23. The lowest BCUT2D eigenvalue weighted by Gasteiger charge is -2.25. The van der Waals surface area contributed by atoms with Gasteiger partial charge in [-0.15, -0.1) is 0 Å². The molecular weight excluding hydrogens is 304 g/mol. The minimum Gasteiger partial charge on any atom is -0.374 e. The molecule has 1 aromatic rings. The molecule has 1 aliphatic heterocycles. The molecule has 1 unspecified atom stereocenters. The molecule has 0 spiro atoms. The van der Waals surface area contributed by atoms with Crippen molar-refractivity contribution in [2.45, 2.75) is 38.6 Å². The van der Waals surface area contributed by atoms with Gasteiger partial charge in [-0.05, 0) is 38.0 Å². The van der Waals surface area contributed by atoms with Gasteiger partial charge in [0, 0.05) is 23.2 Å². The first-order valence-electron chi connectivity index (χ1n) is 6.98. The van der Waals surface area contributed by atoms with Crippen molar-refractivity contribution in [3.8, 4) is 0 Å². The van der Waals surface area contributed by atoms with Crippen LogP contribution in [0.4, 0.5) is 5.69 Å². The van der Waals surface area contributed by atoms with Crippen LogP contribution in [0.1, 0.15) is 32.6 Å². The van der Waals surface area contributed by atoms with E-state index in [2.05, 4.69) is 21.2 Å². The van der Waals surface area contributed by atoms with Gasteiger partial charge in [0.15, 0.2) is 0 Å². The van der Waals surface area contributed by atoms with Crippen molar-refractivity contribution in [2.75, 3.05) is 18.4 Å². The van der Waals surface area contributed by atoms with Gasteiger partial charge in [0.05, 0.1) is 0 Å². The molecule has 1 amide bonds. The van der Waals surface area contributed by atoms with E-state index in [1.54, 1.807) is 0 Å². The number of nitrogens with zero attached hydrogens (tertiary/aromatic N) is 1. The summed E-state index contributed by atoms with van der Waals surface area (Å²) in [6, 6.07) is 7.75. The number of benzene rings is 1. The molecule has 104 valence electrons. The summed E-state index contributed by atoms with van der Waals surface area (Å²) in [5.74, 6) is 0.210. The van der Waals surface area contributed by atoms with Crippen molar-refractivity contribution >= 4 is 27.5 Å². The standard InChI is InChI=1S/C15H21BrN2O/c1-12(17-14-8-6-7-13(16)11-14)15(19)18-9-4-2-3-5-10-18/h6-8,11-12,17H,2-5,9-10H2,1H3. The van der Waals surface area contributed by atoms with Crippen molar-refractivity contribution in [1.29, 1.82) is 0 Å². The fraction of sp³-hybridized carbons (Fsp3) is 0.533. The summed E-state index contributed by atoms with van der Waals surface area (Å²) in [4.78, 5) is 14.4. The summed E-state index contributed by atoms with van der Waals surface area (Å²) in [7, 11) is 0. The summed E-state index contributed by atoms with van der Waals surface area (Å²) in [6.07, 6.45) is 4.76. The van der Waals surface area contributed by atoms with Gasteiger partial charge in [0.25, 0.3) is 0 Å². The zero-order valence-electron chi connectivity index (χ0n) is 11.4. The van der Waals surface area contributed by atoms with Crippen molar-refractivity contribution in [3.63, 3.8) is 0 Å². The van der Waals surface area contributed by atoms with Crippen LogP contribution in [0.15, 0.2) is 28.7 Å². The Morgan fingerprint density at radius 1 is 1.26 bits per heavy atom. The average molecular weight is 325 g/mol. The number of hydrogen-bond acceptors (Lipinski definition) is 2. The first-order valence-corrected chi connectivity index (χ1v) is 7.77. The highest BCUT2D eigenvalue weighted by atomic mass is 79.9. The van der Waals surface area contributed by atoms with E-state index in [4.69, 9.17) is 0 Å². The zero-order valence-corrected chi connectivity index (χ0v) is 12.9. The quantitative estimate of drug-likeness (QED) is 0.920. The molecule has 1 heterocycles. The minimum absolute atomic E-state index is 0.174. The topological polar surface area (TPSA) is 32.3 Å². The minimum atomic E-state index is -0.174. The maximum atomic E-state index is 12.4. The Hall–Kier alpha value is -1.03. The lowest BCUT2D eigenvalue weighted by Crippen LogP contribution is -2.41. The lowest BCUT2D eigenvalue weighted by atomic mass is 10.2. The number of hydrogen-bond donors (Lipinski definition) is 1. The number of nitrogens with one attached hydrogen (secondary N) is 1. The summed E-state index contributed by atoms with van der Waals surface area (Å²) >= 11 is 3.44. The number of anilines is 1. The second kappa shape index (κ2) is 6.94. The molecule has 3 nitrogen and oxygen atoms in total. The van der Waals surface area contributed by atoms with Gasteiger partial charge in [0.2, 0.25) is 5.91 Å². The van der Waals surface area contributed by atoms with E-state index >= 15 is 0 Å². The molecule has 0 aliphatic carbocycles. The van der Waals surface area contributed by atoms with Crippen LogP contribution in [0.3, 0.4) is 0 Å². The second-order valence-electron chi connectivity index (χ2n) is 5.12. The molecule has 1 aliphatic rings. The Balaban J connectivity index is 1.94. The molecule has 1 saturated heterocycles. The monoisotopic (exact) mass is 324 g/mol. The lowest BCUT2D eigenvalue weighted by molar-refractivity contribution is -0.131. The molecule has 0 aromatic heterocycles. The van der Waals surface area contributed by atoms with Crippen LogP contribution in [0.25, 0.3) is 0 Å². The Kier molecular flexibility index (Phi) is 5.25. The Bertz CT molecular complexity index is 428. The molecule has 2 rings (SSSR count). The number of likely N-dealkylation sites (tertiary alicyclic amines) is 1. The van der Waals surface area contributed by atoms with E-state index in [-0.39, 0.29) is 11.9 Å². The van der Waals surface area contributed by atoms with Crippen molar-refractivity contribution in [2.24, 2.45) is 0 Å². The molecule has 1 fully saturated rings. The maximum Gasteiger partial charge on any atom is 0.244 e.